The van der Waals surface area contributed by atoms with Crippen molar-refractivity contribution in [3.05, 3.63) is 78.6 Å². The summed E-state index contributed by atoms with van der Waals surface area (Å²) in [5, 5.41) is 13.3. The van der Waals surface area contributed by atoms with Gasteiger partial charge in [-0.3, -0.25) is 9.36 Å². The molecule has 0 saturated carbocycles. The second-order valence-corrected chi connectivity index (χ2v) is 9.11. The summed E-state index contributed by atoms with van der Waals surface area (Å²) < 4.78 is 2.35. The van der Waals surface area contributed by atoms with Crippen LogP contribution < -0.4 is 10.9 Å². The number of fused-ring (bicyclic) bond motifs is 1. The molecule has 3 heterocycles. The Morgan fingerprint density at radius 3 is 2.64 bits per heavy atom. The number of carboxylic acids is 1. The lowest BCUT2D eigenvalue weighted by molar-refractivity contribution is 0.0691. The molecule has 0 spiro atoms. The molecule has 10 heteroatoms. The van der Waals surface area contributed by atoms with Gasteiger partial charge in [-0.05, 0) is 72.3 Å². The summed E-state index contributed by atoms with van der Waals surface area (Å²) in [5.41, 5.74) is 2.87. The number of carboxylic acid groups (broad SMARTS) is 1. The van der Waals surface area contributed by atoms with Gasteiger partial charge in [-0.2, -0.15) is 0 Å². The Balaban J connectivity index is 1.88. The minimum atomic E-state index is -1.19. The molecule has 0 fully saturated rings. The van der Waals surface area contributed by atoms with Crippen LogP contribution in [0.2, 0.25) is 5.15 Å². The molecule has 4 aromatic rings. The van der Waals surface area contributed by atoms with Crippen molar-refractivity contribution in [2.24, 2.45) is 7.05 Å². The molecule has 4 rings (SSSR count). The first kappa shape index (κ1) is 23.1. The van der Waals surface area contributed by atoms with Gasteiger partial charge < -0.3 is 10.4 Å². The molecule has 0 bridgehead atoms. The minimum Gasteiger partial charge on any atom is -0.476 e. The average molecular weight is 576 g/mol. The number of nitrogens with zero attached hydrogens (tertiary/aromatic N) is 4. The highest BCUT2D eigenvalue weighted by Gasteiger charge is 2.20. The predicted molar refractivity (Wildman–Crippen MR) is 136 cm³/mol. The van der Waals surface area contributed by atoms with Gasteiger partial charge in [0.25, 0.3) is 5.56 Å². The van der Waals surface area contributed by atoms with E-state index in [-0.39, 0.29) is 22.4 Å². The monoisotopic (exact) mass is 575 g/mol. The number of hydrogen-bond acceptors (Lipinski definition) is 6. The molecule has 0 amide bonds. The van der Waals surface area contributed by atoms with Crippen LogP contribution >= 0.6 is 34.2 Å². The summed E-state index contributed by atoms with van der Waals surface area (Å²) in [7, 11) is 1.68. The van der Waals surface area contributed by atoms with Crippen LogP contribution in [0.4, 0.5) is 5.69 Å². The number of aryl methyl sites for hydroxylation is 1. The second kappa shape index (κ2) is 9.06. The van der Waals surface area contributed by atoms with Gasteiger partial charge in [-0.15, -0.1) is 0 Å². The highest BCUT2D eigenvalue weighted by atomic mass is 127. The quantitative estimate of drug-likeness (QED) is 0.259. The summed E-state index contributed by atoms with van der Waals surface area (Å²) in [5.74, 6) is -0.699. The van der Waals surface area contributed by atoms with E-state index in [1.807, 2.05) is 38.1 Å². The van der Waals surface area contributed by atoms with Crippen LogP contribution in [-0.2, 0) is 7.05 Å². The van der Waals surface area contributed by atoms with Crippen LogP contribution in [0.1, 0.15) is 34.6 Å². The van der Waals surface area contributed by atoms with Crippen LogP contribution in [0.25, 0.3) is 22.3 Å². The van der Waals surface area contributed by atoms with Crippen LogP contribution in [0.5, 0.6) is 0 Å². The maximum Gasteiger partial charge on any atom is 0.356 e. The SMILES string of the molecule is Cc1cc([C@@H](C)Nc2ccc(Cl)nc2C(=O)O)c2nc(-c3ccc(I)nc3)n(C)c(=O)c2c1. The van der Waals surface area contributed by atoms with Gasteiger partial charge in [0.1, 0.15) is 14.7 Å². The zero-order valence-corrected chi connectivity index (χ0v) is 20.8. The van der Waals surface area contributed by atoms with Crippen molar-refractivity contribution < 1.29 is 9.90 Å². The third-order valence-electron chi connectivity index (χ3n) is 5.24. The largest absolute Gasteiger partial charge is 0.476 e. The van der Waals surface area contributed by atoms with Gasteiger partial charge in [0, 0.05) is 24.4 Å². The van der Waals surface area contributed by atoms with Gasteiger partial charge >= 0.3 is 5.97 Å². The van der Waals surface area contributed by atoms with Gasteiger partial charge in [-0.25, -0.2) is 19.7 Å². The molecule has 1 atom stereocenters. The van der Waals surface area contributed by atoms with Crippen LogP contribution in [0, 0.1) is 10.6 Å². The van der Waals surface area contributed by atoms with E-state index in [0.29, 0.717) is 22.4 Å². The average Bonchev–Trinajstić information content (AvgIpc) is 2.77. The first-order valence-electron chi connectivity index (χ1n) is 9.95. The van der Waals surface area contributed by atoms with Gasteiger partial charge in [0.2, 0.25) is 0 Å². The number of anilines is 1. The van der Waals surface area contributed by atoms with Crippen molar-refractivity contribution in [1.29, 1.82) is 0 Å². The summed E-state index contributed by atoms with van der Waals surface area (Å²) in [6.45, 7) is 3.78. The van der Waals surface area contributed by atoms with E-state index in [1.165, 1.54) is 10.6 Å². The minimum absolute atomic E-state index is 0.0903. The zero-order valence-electron chi connectivity index (χ0n) is 17.9. The van der Waals surface area contributed by atoms with E-state index >= 15 is 0 Å². The molecule has 1 aromatic carbocycles. The van der Waals surface area contributed by atoms with Gasteiger partial charge in [0.15, 0.2) is 5.69 Å². The van der Waals surface area contributed by atoms with Crippen molar-refractivity contribution in [2.45, 2.75) is 19.9 Å². The molecule has 33 heavy (non-hydrogen) atoms. The molecule has 0 unspecified atom stereocenters. The summed E-state index contributed by atoms with van der Waals surface area (Å²) in [4.78, 5) is 37.9. The normalized spacial score (nSPS) is 12.0. The Labute approximate surface area is 207 Å². The van der Waals surface area contributed by atoms with Gasteiger partial charge in [-0.1, -0.05) is 17.7 Å². The van der Waals surface area contributed by atoms with Gasteiger partial charge in [0.05, 0.1) is 22.6 Å². The maximum atomic E-state index is 13.2. The number of hydrogen-bond donors (Lipinski definition) is 2. The van der Waals surface area contributed by atoms with Crippen LogP contribution in [-0.4, -0.2) is 30.6 Å². The lowest BCUT2D eigenvalue weighted by Crippen LogP contribution is -2.22. The summed E-state index contributed by atoms with van der Waals surface area (Å²) >= 11 is 8.00. The van der Waals surface area contributed by atoms with E-state index in [2.05, 4.69) is 37.9 Å². The topological polar surface area (TPSA) is 110 Å². The van der Waals surface area contributed by atoms with E-state index in [1.54, 1.807) is 19.3 Å². The molecule has 0 aliphatic heterocycles. The number of carbonyl (C=O) groups is 1. The number of nitrogens with one attached hydrogen (secondary N) is 1. The number of aromatic nitrogens is 4. The number of aromatic carboxylic acids is 1. The molecule has 0 aliphatic carbocycles. The van der Waals surface area contributed by atoms with E-state index < -0.39 is 5.97 Å². The third-order valence-corrected chi connectivity index (χ3v) is 6.09. The molecule has 2 N–H and O–H groups in total. The lowest BCUT2D eigenvalue weighted by atomic mass is 10.0. The summed E-state index contributed by atoms with van der Waals surface area (Å²) in [6, 6.07) is 10.2. The fraction of sp³-hybridized carbons (Fsp3) is 0.174. The van der Waals surface area contributed by atoms with E-state index in [4.69, 9.17) is 16.6 Å². The summed E-state index contributed by atoms with van der Waals surface area (Å²) in [6.07, 6.45) is 1.68. The Bertz CT molecular complexity index is 1450. The van der Waals surface area contributed by atoms with Crippen molar-refractivity contribution in [1.82, 2.24) is 19.5 Å². The number of halogens is 2. The fourth-order valence-electron chi connectivity index (χ4n) is 3.67. The number of pyridine rings is 2. The standard InChI is InChI=1S/C23H19ClIN5O3/c1-11-8-14(12(2)27-16-5-6-17(24)28-20(16)23(32)33)19-15(9-11)22(31)30(3)21(29-19)13-4-7-18(25)26-10-13/h4-10,12,27H,1-3H3,(H,32,33)/t12-/m1/s1. The smallest absolute Gasteiger partial charge is 0.356 e. The molecule has 0 saturated heterocycles. The molecule has 8 nitrogen and oxygen atoms in total. The van der Waals surface area contributed by atoms with Crippen molar-refractivity contribution in [3.63, 3.8) is 0 Å². The predicted octanol–water partition coefficient (Wildman–Crippen LogP) is 4.83. The van der Waals surface area contributed by atoms with E-state index in [0.717, 1.165) is 20.4 Å². The maximum absolute atomic E-state index is 13.2. The number of rotatable bonds is 5. The zero-order chi connectivity index (χ0) is 23.9. The Morgan fingerprint density at radius 1 is 1.21 bits per heavy atom. The lowest BCUT2D eigenvalue weighted by Gasteiger charge is -2.20. The highest BCUT2D eigenvalue weighted by molar-refractivity contribution is 14.1. The third kappa shape index (κ3) is 4.55. The Kier molecular flexibility index (Phi) is 6.35. The molecule has 168 valence electrons. The highest BCUT2D eigenvalue weighted by Crippen LogP contribution is 2.29. The molecular formula is C23H19ClIN5O3. The van der Waals surface area contributed by atoms with Crippen LogP contribution in [0.15, 0.2) is 47.4 Å². The molecule has 0 aliphatic rings. The first-order valence-corrected chi connectivity index (χ1v) is 11.4. The number of benzene rings is 1. The molecular weight excluding hydrogens is 557 g/mol. The van der Waals surface area contributed by atoms with Crippen molar-refractivity contribution >= 4 is 56.8 Å². The fourth-order valence-corrected chi connectivity index (χ4v) is 4.14. The first-order chi connectivity index (χ1) is 15.7. The second-order valence-electron chi connectivity index (χ2n) is 7.62. The molecule has 0 radical (unpaired) electrons. The molecule has 3 aromatic heterocycles. The van der Waals surface area contributed by atoms with Crippen molar-refractivity contribution in [2.75, 3.05) is 5.32 Å². The van der Waals surface area contributed by atoms with E-state index in [9.17, 15) is 14.7 Å². The Morgan fingerprint density at radius 2 is 1.97 bits per heavy atom. The van der Waals surface area contributed by atoms with Crippen molar-refractivity contribution in [3.8, 4) is 11.4 Å². The van der Waals surface area contributed by atoms with Crippen LogP contribution in [0.3, 0.4) is 0 Å². The Hall–Kier alpha value is -3.05.